The van der Waals surface area contributed by atoms with Crippen molar-refractivity contribution in [3.05, 3.63) is 204 Å². The first-order valence-electron chi connectivity index (χ1n) is 15.3. The van der Waals surface area contributed by atoms with Crippen LogP contribution in [0, 0.1) is 44.3 Å². The summed E-state index contributed by atoms with van der Waals surface area (Å²) in [5.41, 5.74) is 1.95. The third-order valence-corrected chi connectivity index (χ3v) is 19.3. The zero-order chi connectivity index (χ0) is 35.9. The standard InChI is InChI=1S/C14H14ClO4P.C14H14IP.C12H8N2.CH3.2Au/c1-20(2,19-15(16,17)18,13-9-5-3-6-10-13)14-11-7-4-8-12-14;1-16(2,15,13-9-5-3-6-10-13)14-11-7-4-8-12-14;1-3-9-5-6-10-4-2-8-14-12(10)11(9)13-7-1;;;/h3-12H,1-2H2;3-12H,1-2H2;1-8H;1H3;;/q2*-2;;-1;;+3. The van der Waals surface area contributed by atoms with E-state index in [1.165, 1.54) is 10.6 Å². The van der Waals surface area contributed by atoms with Crippen molar-refractivity contribution in [1.29, 1.82) is 0 Å². The van der Waals surface area contributed by atoms with Gasteiger partial charge in [0, 0.05) is 45.5 Å². The number of nitrogens with zero attached hydrogens (tertiary/aromatic N) is 2. The van der Waals surface area contributed by atoms with Gasteiger partial charge in [0.1, 0.15) is 0 Å². The Labute approximate surface area is 360 Å². The Morgan fingerprint density at radius 1 is 0.491 bits per heavy atom. The number of halogens is 2. The van der Waals surface area contributed by atoms with Crippen molar-refractivity contribution in [1.82, 2.24) is 9.97 Å². The van der Waals surface area contributed by atoms with E-state index in [1.54, 1.807) is 73.1 Å². The molecule has 0 fully saturated rings. The predicted octanol–water partition coefficient (Wildman–Crippen LogP) is 6.95. The van der Waals surface area contributed by atoms with Gasteiger partial charge >= 0.3 is 253 Å². The summed E-state index contributed by atoms with van der Waals surface area (Å²) in [4.78, 5) is 8.69. The van der Waals surface area contributed by atoms with Crippen molar-refractivity contribution in [2.24, 2.45) is 0 Å². The molecule has 0 N–H and O–H groups in total. The van der Waals surface area contributed by atoms with E-state index in [9.17, 15) is 14.0 Å². The van der Waals surface area contributed by atoms with E-state index in [0.29, 0.717) is 10.6 Å². The van der Waals surface area contributed by atoms with Gasteiger partial charge in [-0.1, -0.05) is 24.3 Å². The first-order valence-corrected chi connectivity index (χ1v) is 24.5. The van der Waals surface area contributed by atoms with Crippen LogP contribution < -0.4 is 35.2 Å². The Morgan fingerprint density at radius 3 is 1.09 bits per heavy atom. The summed E-state index contributed by atoms with van der Waals surface area (Å²) in [5.74, 6) is 0. The number of benzene rings is 5. The third-order valence-electron chi connectivity index (χ3n) is 8.00. The fourth-order valence-corrected chi connectivity index (χ4v) is 13.6. The van der Waals surface area contributed by atoms with Gasteiger partial charge in [0.25, 0.3) is 0 Å². The molecule has 5 aromatic carbocycles. The summed E-state index contributed by atoms with van der Waals surface area (Å²) < 4.78 is 35.9. The molecule has 6 nitrogen and oxygen atoms in total. The normalized spacial score (nSPS) is 12.6. The molecule has 2 aromatic heterocycles. The molecule has 0 spiro atoms. The van der Waals surface area contributed by atoms with Gasteiger partial charge in [0.15, 0.2) is 0 Å². The second kappa shape index (κ2) is 19.3. The molecule has 0 bridgehead atoms. The van der Waals surface area contributed by atoms with Crippen LogP contribution in [0.25, 0.3) is 21.8 Å². The molecule has 0 aliphatic carbocycles. The largest absolute Gasteiger partial charge is 0.358 e. The monoisotopic (exact) mass is 1240 g/mol. The summed E-state index contributed by atoms with van der Waals surface area (Å²) in [5, 5.41) is 5.71. The Hall–Kier alpha value is -1.88. The van der Waals surface area contributed by atoms with Crippen molar-refractivity contribution in [2.75, 3.05) is 0 Å². The Morgan fingerprint density at radius 2 is 0.792 bits per heavy atom. The summed E-state index contributed by atoms with van der Waals surface area (Å²) in [6.07, 6.45) is 3.60. The van der Waals surface area contributed by atoms with Gasteiger partial charge in [-0.3, -0.25) is 9.97 Å². The van der Waals surface area contributed by atoms with Crippen LogP contribution in [-0.4, -0.2) is 9.97 Å². The van der Waals surface area contributed by atoms with Crippen LogP contribution in [-0.2, 0) is 48.8 Å². The molecule has 0 aliphatic heterocycles. The van der Waals surface area contributed by atoms with Gasteiger partial charge < -0.3 is 7.43 Å². The van der Waals surface area contributed by atoms with Crippen molar-refractivity contribution >= 4 is 76.1 Å². The van der Waals surface area contributed by atoms with E-state index in [0.717, 1.165) is 21.8 Å². The van der Waals surface area contributed by atoms with Crippen molar-refractivity contribution in [2.45, 2.75) is 0 Å². The molecule has 2 heterocycles. The molecule has 53 heavy (non-hydrogen) atoms. The van der Waals surface area contributed by atoms with Gasteiger partial charge in [-0.2, -0.15) is 0 Å². The number of hydrogen-bond donors (Lipinski definition) is 0. The molecule has 0 saturated carbocycles. The Balaban J connectivity index is 0.000000271. The van der Waals surface area contributed by atoms with Crippen LogP contribution in [0.5, 0.6) is 0 Å². The Kier molecular flexibility index (Phi) is 17.2. The molecule has 0 amide bonds. The van der Waals surface area contributed by atoms with Crippen LogP contribution >= 0.6 is 33.1 Å². The maximum Gasteiger partial charge on any atom is 0.0964 e. The second-order valence-electron chi connectivity index (χ2n) is 11.8. The molecule has 0 atom stereocenters. The van der Waals surface area contributed by atoms with E-state index >= 15 is 0 Å². The van der Waals surface area contributed by atoms with E-state index in [-0.39, 0.29) is 52.2 Å². The molecule has 7 rings (SSSR count). The van der Waals surface area contributed by atoms with E-state index < -0.39 is 21.3 Å². The van der Waals surface area contributed by atoms with E-state index in [1.807, 2.05) is 24.3 Å². The van der Waals surface area contributed by atoms with Crippen LogP contribution in [0.2, 0.25) is 0 Å². The minimum Gasteiger partial charge on any atom is -0.358 e. The molecule has 7 aromatic rings. The molecule has 0 unspecified atom stereocenters. The van der Waals surface area contributed by atoms with Gasteiger partial charge in [0.2, 0.25) is 0 Å². The fraction of sp³-hybridized carbons (Fsp3) is 0. The number of hydrogen-bond acceptors (Lipinski definition) is 6. The maximum atomic E-state index is 11.1. The van der Waals surface area contributed by atoms with Crippen molar-refractivity contribution < 1.29 is 73.1 Å². The average molecular weight is 1240 g/mol. The summed E-state index contributed by atoms with van der Waals surface area (Å²) in [6.45, 7) is 12.7. The van der Waals surface area contributed by atoms with Crippen LogP contribution in [0.15, 0.2) is 170 Å². The van der Waals surface area contributed by atoms with E-state index in [4.69, 9.17) is 4.08 Å². The topological polar surface area (TPSA) is 104 Å². The summed E-state index contributed by atoms with van der Waals surface area (Å²) >= 11 is 2.45. The SMILES string of the molecule is [Au+3].[Au].[CH2-]P([CH2-])(I)(c1ccccc1)c1ccccc1.[CH2-]P([CH2-])(O[Cl+3]([O-])([O-])[O-])(c1ccccc1)c1ccccc1.[CH3-].c1cnc2c(c1)ccc1cccnc12. The zero-order valence-corrected chi connectivity index (χ0v) is 37.8. The number of rotatable bonds is 6. The maximum absolute atomic E-state index is 11.1. The van der Waals surface area contributed by atoms with Gasteiger partial charge in [0.05, 0.1) is 11.0 Å². The Bertz CT molecular complexity index is 2030. The number of aromatic nitrogens is 2. The smallest absolute Gasteiger partial charge is 0.0964 e. The van der Waals surface area contributed by atoms with Gasteiger partial charge in [-0.05, 0) is 12.1 Å². The number of fused-ring (bicyclic) bond motifs is 3. The first kappa shape index (κ1) is 47.3. The van der Waals surface area contributed by atoms with Crippen LogP contribution in [0.1, 0.15) is 0 Å². The molecule has 0 saturated heterocycles. The van der Waals surface area contributed by atoms with Gasteiger partial charge in [-0.25, -0.2) is 0 Å². The fourth-order valence-electron chi connectivity index (χ4n) is 5.35. The van der Waals surface area contributed by atoms with Crippen LogP contribution in [0.4, 0.5) is 0 Å². The molecule has 285 valence electrons. The molecule has 0 aliphatic rings. The zero-order valence-electron chi connectivity index (χ0n) is 28.8. The molecule has 12 heteroatoms. The minimum atomic E-state index is -4.66. The quantitative estimate of drug-likeness (QED) is 0.0588. The first-order chi connectivity index (χ1) is 23.7. The molecule has 1 radical (unpaired) electrons. The minimum absolute atomic E-state index is 0. The third kappa shape index (κ3) is 11.6. The van der Waals surface area contributed by atoms with Gasteiger partial charge in [-0.15, -0.1) is 0 Å². The van der Waals surface area contributed by atoms with Crippen LogP contribution in [0.3, 0.4) is 0 Å². The van der Waals surface area contributed by atoms with E-state index in [2.05, 4.69) is 131 Å². The number of pyridine rings is 2. The van der Waals surface area contributed by atoms with Crippen molar-refractivity contribution in [3.63, 3.8) is 0 Å². The summed E-state index contributed by atoms with van der Waals surface area (Å²) in [6, 6.07) is 49.9. The summed E-state index contributed by atoms with van der Waals surface area (Å²) in [7, 11) is -4.66. The molecular formula is C41H39Au2ClIN2O4P2-2. The van der Waals surface area contributed by atoms with Crippen molar-refractivity contribution in [3.8, 4) is 0 Å². The average Bonchev–Trinajstić information content (AvgIpc) is 3.13. The second-order valence-corrected chi connectivity index (χ2v) is 27.7. The predicted molar refractivity (Wildman–Crippen MR) is 218 cm³/mol. The molecular weight excluding hydrogens is 1200 g/mol.